The molecule has 0 aliphatic rings. The van der Waals surface area contributed by atoms with E-state index in [2.05, 4.69) is 0 Å². The summed E-state index contributed by atoms with van der Waals surface area (Å²) in [5.41, 5.74) is 1.88. The molecule has 0 aromatic heterocycles. The molecule has 0 atom stereocenters. The van der Waals surface area contributed by atoms with Crippen molar-refractivity contribution in [3.63, 3.8) is 0 Å². The van der Waals surface area contributed by atoms with Gasteiger partial charge in [0.05, 0.1) is 18.9 Å². The molecule has 2 rings (SSSR count). The Labute approximate surface area is 143 Å². The van der Waals surface area contributed by atoms with Crippen molar-refractivity contribution in [3.05, 3.63) is 71.8 Å². The smallest absolute Gasteiger partial charge is 0.307 e. The van der Waals surface area contributed by atoms with E-state index in [1.165, 1.54) is 0 Å². The third kappa shape index (κ3) is 4.69. The van der Waals surface area contributed by atoms with Crippen LogP contribution >= 0.6 is 0 Å². The lowest BCUT2D eigenvalue weighted by molar-refractivity contribution is -0.143. The number of carbonyl (C=O) groups is 2. The van der Waals surface area contributed by atoms with Gasteiger partial charge < -0.3 is 9.64 Å². The van der Waals surface area contributed by atoms with Gasteiger partial charge in [-0.1, -0.05) is 60.7 Å². The summed E-state index contributed by atoms with van der Waals surface area (Å²) in [6.45, 7) is 2.47. The first-order valence-electron chi connectivity index (χ1n) is 8.14. The second-order valence-electron chi connectivity index (χ2n) is 5.57. The molecule has 0 aliphatic heterocycles. The topological polar surface area (TPSA) is 46.6 Å². The van der Waals surface area contributed by atoms with Crippen LogP contribution in [0.25, 0.3) is 0 Å². The third-order valence-corrected chi connectivity index (χ3v) is 3.85. The van der Waals surface area contributed by atoms with Gasteiger partial charge in [-0.25, -0.2) is 0 Å². The van der Waals surface area contributed by atoms with E-state index in [4.69, 9.17) is 4.74 Å². The molecule has 0 heterocycles. The van der Waals surface area contributed by atoms with E-state index in [1.807, 2.05) is 60.7 Å². The Bertz CT molecular complexity index is 616. The summed E-state index contributed by atoms with van der Waals surface area (Å²) in [6, 6.07) is 19.4. The molecule has 0 bridgehead atoms. The maximum absolute atomic E-state index is 13.0. The van der Waals surface area contributed by atoms with Gasteiger partial charge >= 0.3 is 5.97 Å². The summed E-state index contributed by atoms with van der Waals surface area (Å²) in [6.07, 6.45) is 0.201. The fourth-order valence-corrected chi connectivity index (χ4v) is 2.59. The molecule has 0 fully saturated rings. The molecule has 2 aromatic carbocycles. The molecule has 0 N–H and O–H groups in total. The van der Waals surface area contributed by atoms with Crippen LogP contribution in [-0.4, -0.2) is 37.0 Å². The molecule has 1 amide bonds. The van der Waals surface area contributed by atoms with Gasteiger partial charge in [-0.05, 0) is 18.1 Å². The Kier molecular flexibility index (Phi) is 6.55. The Morgan fingerprint density at radius 2 is 1.46 bits per heavy atom. The minimum Gasteiger partial charge on any atom is -0.466 e. The normalized spacial score (nSPS) is 10.5. The predicted octanol–water partition coefficient (Wildman–Crippen LogP) is 3.23. The zero-order valence-corrected chi connectivity index (χ0v) is 14.1. The SMILES string of the molecule is CCOC(=O)CCN(C)C(=O)C(c1ccccc1)c1ccccc1. The van der Waals surface area contributed by atoms with Gasteiger partial charge in [0.25, 0.3) is 0 Å². The van der Waals surface area contributed by atoms with Crippen LogP contribution in [0, 0.1) is 0 Å². The van der Waals surface area contributed by atoms with Crippen LogP contribution in [0.2, 0.25) is 0 Å². The van der Waals surface area contributed by atoms with Crippen molar-refractivity contribution < 1.29 is 14.3 Å². The molecular formula is C20H23NO3. The summed E-state index contributed by atoms with van der Waals surface area (Å²) < 4.78 is 4.92. The third-order valence-electron chi connectivity index (χ3n) is 3.85. The van der Waals surface area contributed by atoms with E-state index in [1.54, 1.807) is 18.9 Å². The minimum atomic E-state index is -0.375. The Hall–Kier alpha value is -2.62. The first-order chi connectivity index (χ1) is 11.6. The molecule has 0 radical (unpaired) electrons. The number of likely N-dealkylation sites (N-methyl/N-ethyl adjacent to an activating group) is 1. The first-order valence-corrected chi connectivity index (χ1v) is 8.14. The number of hydrogen-bond donors (Lipinski definition) is 0. The van der Waals surface area contributed by atoms with Gasteiger partial charge in [-0.15, -0.1) is 0 Å². The van der Waals surface area contributed by atoms with Crippen LogP contribution in [0.4, 0.5) is 0 Å². The summed E-state index contributed by atoms with van der Waals surface area (Å²) >= 11 is 0. The number of hydrogen-bond acceptors (Lipinski definition) is 3. The summed E-state index contributed by atoms with van der Waals surface area (Å²) in [5.74, 6) is -0.690. The summed E-state index contributed by atoms with van der Waals surface area (Å²) in [4.78, 5) is 26.1. The van der Waals surface area contributed by atoms with Crippen LogP contribution in [0.5, 0.6) is 0 Å². The molecule has 0 spiro atoms. The average molecular weight is 325 g/mol. The standard InChI is InChI=1S/C20H23NO3/c1-3-24-18(22)14-15-21(2)20(23)19(16-10-6-4-7-11-16)17-12-8-5-9-13-17/h4-13,19H,3,14-15H2,1-2H3. The monoisotopic (exact) mass is 325 g/mol. The van der Waals surface area contributed by atoms with E-state index in [9.17, 15) is 9.59 Å². The highest BCUT2D eigenvalue weighted by molar-refractivity contribution is 5.87. The lowest BCUT2D eigenvalue weighted by Crippen LogP contribution is -2.34. The zero-order chi connectivity index (χ0) is 17.4. The molecule has 0 aliphatic carbocycles. The van der Waals surface area contributed by atoms with Gasteiger partial charge in [0.15, 0.2) is 0 Å². The highest BCUT2D eigenvalue weighted by Crippen LogP contribution is 2.26. The fourth-order valence-electron chi connectivity index (χ4n) is 2.59. The van der Waals surface area contributed by atoms with Crippen molar-refractivity contribution in [2.24, 2.45) is 0 Å². The lowest BCUT2D eigenvalue weighted by Gasteiger charge is -2.24. The van der Waals surface area contributed by atoms with E-state index >= 15 is 0 Å². The number of ether oxygens (including phenoxy) is 1. The van der Waals surface area contributed by atoms with Crippen molar-refractivity contribution in [1.82, 2.24) is 4.90 Å². The maximum atomic E-state index is 13.0. The number of esters is 1. The van der Waals surface area contributed by atoms with Crippen molar-refractivity contribution >= 4 is 11.9 Å². The Morgan fingerprint density at radius 1 is 0.958 bits per heavy atom. The maximum Gasteiger partial charge on any atom is 0.307 e. The second-order valence-corrected chi connectivity index (χ2v) is 5.57. The molecule has 4 heteroatoms. The average Bonchev–Trinajstić information content (AvgIpc) is 2.62. The van der Waals surface area contributed by atoms with Crippen LogP contribution in [0.15, 0.2) is 60.7 Å². The van der Waals surface area contributed by atoms with E-state index < -0.39 is 0 Å². The van der Waals surface area contributed by atoms with Gasteiger partial charge in [0, 0.05) is 13.6 Å². The van der Waals surface area contributed by atoms with Crippen molar-refractivity contribution in [2.75, 3.05) is 20.2 Å². The number of rotatable bonds is 7. The van der Waals surface area contributed by atoms with Crippen LogP contribution in [0.3, 0.4) is 0 Å². The molecule has 126 valence electrons. The van der Waals surface area contributed by atoms with Crippen LogP contribution in [-0.2, 0) is 14.3 Å². The quantitative estimate of drug-likeness (QED) is 0.734. The highest BCUT2D eigenvalue weighted by atomic mass is 16.5. The second kappa shape index (κ2) is 8.87. The van der Waals surface area contributed by atoms with Gasteiger partial charge in [-0.2, -0.15) is 0 Å². The van der Waals surface area contributed by atoms with Crippen molar-refractivity contribution in [1.29, 1.82) is 0 Å². The van der Waals surface area contributed by atoms with Crippen molar-refractivity contribution in [3.8, 4) is 0 Å². The number of carbonyl (C=O) groups excluding carboxylic acids is 2. The molecule has 4 nitrogen and oxygen atoms in total. The first kappa shape index (κ1) is 17.7. The summed E-state index contributed by atoms with van der Waals surface area (Å²) in [7, 11) is 1.72. The Balaban J connectivity index is 2.18. The molecule has 0 saturated carbocycles. The molecule has 0 saturated heterocycles. The van der Waals surface area contributed by atoms with Crippen LogP contribution in [0.1, 0.15) is 30.4 Å². The fraction of sp³-hybridized carbons (Fsp3) is 0.300. The van der Waals surface area contributed by atoms with Crippen LogP contribution < -0.4 is 0 Å². The Morgan fingerprint density at radius 3 is 1.92 bits per heavy atom. The zero-order valence-electron chi connectivity index (χ0n) is 14.1. The van der Waals surface area contributed by atoms with E-state index in [0.29, 0.717) is 13.2 Å². The van der Waals surface area contributed by atoms with E-state index in [-0.39, 0.29) is 24.2 Å². The van der Waals surface area contributed by atoms with Gasteiger partial charge in [0.2, 0.25) is 5.91 Å². The molecule has 24 heavy (non-hydrogen) atoms. The number of nitrogens with zero attached hydrogens (tertiary/aromatic N) is 1. The predicted molar refractivity (Wildman–Crippen MR) is 93.6 cm³/mol. The van der Waals surface area contributed by atoms with Crippen molar-refractivity contribution in [2.45, 2.75) is 19.3 Å². The molecule has 0 unspecified atom stereocenters. The minimum absolute atomic E-state index is 0.0308. The molecule has 2 aromatic rings. The van der Waals surface area contributed by atoms with Gasteiger partial charge in [0.1, 0.15) is 0 Å². The number of amides is 1. The largest absolute Gasteiger partial charge is 0.466 e. The molecular weight excluding hydrogens is 302 g/mol. The van der Waals surface area contributed by atoms with Gasteiger partial charge in [-0.3, -0.25) is 9.59 Å². The highest BCUT2D eigenvalue weighted by Gasteiger charge is 2.25. The lowest BCUT2D eigenvalue weighted by atomic mass is 9.90. The number of benzene rings is 2. The summed E-state index contributed by atoms with van der Waals surface area (Å²) in [5, 5.41) is 0. The van der Waals surface area contributed by atoms with E-state index in [0.717, 1.165) is 11.1 Å².